The number of allylic oxidation sites excluding steroid dienone is 2. The molecule has 132 valence electrons. The van der Waals surface area contributed by atoms with Crippen LogP contribution in [0.2, 0.25) is 0 Å². The number of nitrogens with zero attached hydrogens (tertiary/aromatic N) is 1. The van der Waals surface area contributed by atoms with Crippen LogP contribution in [0.25, 0.3) is 0 Å². The zero-order valence-electron chi connectivity index (χ0n) is 15.4. The third-order valence-electron chi connectivity index (χ3n) is 4.42. The smallest absolute Gasteiger partial charge is 0.209 e. The highest BCUT2D eigenvalue weighted by Crippen LogP contribution is 2.27. The van der Waals surface area contributed by atoms with Gasteiger partial charge >= 0.3 is 0 Å². The third-order valence-corrected chi connectivity index (χ3v) is 4.42. The van der Waals surface area contributed by atoms with E-state index >= 15 is 0 Å². The molecule has 0 saturated heterocycles. The van der Waals surface area contributed by atoms with Crippen molar-refractivity contribution in [1.29, 1.82) is 0 Å². The average Bonchev–Trinajstić information content (AvgIpc) is 2.73. The quantitative estimate of drug-likeness (QED) is 0.603. The molecular weight excluding hydrogens is 300 g/mol. The van der Waals surface area contributed by atoms with Crippen LogP contribution in [0.5, 0.6) is 0 Å². The fourth-order valence-electron chi connectivity index (χ4n) is 2.96. The highest BCUT2D eigenvalue weighted by Gasteiger charge is 2.32. The lowest BCUT2D eigenvalue weighted by atomic mass is 9.85. The van der Waals surface area contributed by atoms with Gasteiger partial charge in [-0.2, -0.15) is 0 Å². The lowest BCUT2D eigenvalue weighted by molar-refractivity contribution is -0.121. The Balaban J connectivity index is 2.17. The van der Waals surface area contributed by atoms with Gasteiger partial charge in [-0.15, -0.1) is 0 Å². The highest BCUT2D eigenvalue weighted by atomic mass is 16.5. The first-order chi connectivity index (χ1) is 11.3. The maximum atomic E-state index is 12.6. The van der Waals surface area contributed by atoms with Crippen molar-refractivity contribution in [3.63, 3.8) is 0 Å². The first-order valence-corrected chi connectivity index (χ1v) is 8.95. The summed E-state index contributed by atoms with van der Waals surface area (Å²) in [6, 6.07) is 0. The molecule has 0 aromatic heterocycles. The second-order valence-electron chi connectivity index (χ2n) is 7.58. The van der Waals surface area contributed by atoms with Gasteiger partial charge in [-0.25, -0.2) is 4.99 Å². The fraction of sp³-hybridized carbons (Fsp3) is 0.600. The number of carbonyl (C=O) groups is 1. The molecule has 2 rings (SSSR count). The first kappa shape index (κ1) is 18.5. The molecule has 0 spiro atoms. The molecular formula is C20H30N2O2. The summed E-state index contributed by atoms with van der Waals surface area (Å²) in [6.45, 7) is 11.6. The van der Waals surface area contributed by atoms with Gasteiger partial charge in [-0.05, 0) is 38.7 Å². The van der Waals surface area contributed by atoms with Crippen LogP contribution in [-0.4, -0.2) is 17.6 Å². The molecule has 0 amide bonds. The minimum absolute atomic E-state index is 0.0531. The number of hydrogen-bond acceptors (Lipinski definition) is 4. The van der Waals surface area contributed by atoms with E-state index in [2.05, 4.69) is 16.9 Å². The van der Waals surface area contributed by atoms with E-state index in [1.54, 1.807) is 6.20 Å². The summed E-state index contributed by atoms with van der Waals surface area (Å²) in [5.41, 5.74) is 1.36. The van der Waals surface area contributed by atoms with E-state index < -0.39 is 5.41 Å². The number of aliphatic imine (C=N–C) groups is 1. The number of ketones is 1. The Kier molecular flexibility index (Phi) is 6.03. The number of rotatable bonds is 4. The summed E-state index contributed by atoms with van der Waals surface area (Å²) in [6.07, 6.45) is 10.9. The van der Waals surface area contributed by atoms with Crippen LogP contribution in [0.1, 0.15) is 66.2 Å². The summed E-state index contributed by atoms with van der Waals surface area (Å²) in [4.78, 5) is 17.3. The maximum absolute atomic E-state index is 12.6. The summed E-state index contributed by atoms with van der Waals surface area (Å²) in [5.74, 6) is 0.631. The van der Waals surface area contributed by atoms with Crippen molar-refractivity contribution in [2.45, 2.75) is 72.3 Å². The summed E-state index contributed by atoms with van der Waals surface area (Å²) in [5, 5.41) is 3.02. The van der Waals surface area contributed by atoms with Crippen LogP contribution in [-0.2, 0) is 9.53 Å². The van der Waals surface area contributed by atoms with Crippen molar-refractivity contribution in [3.8, 4) is 0 Å². The average molecular weight is 330 g/mol. The largest absolute Gasteiger partial charge is 0.475 e. The van der Waals surface area contributed by atoms with Gasteiger partial charge in [0.25, 0.3) is 0 Å². The van der Waals surface area contributed by atoms with Crippen molar-refractivity contribution in [1.82, 2.24) is 5.32 Å². The van der Waals surface area contributed by atoms with E-state index in [1.165, 1.54) is 25.7 Å². The molecule has 0 atom stereocenters. The molecule has 0 bridgehead atoms. The van der Waals surface area contributed by atoms with Crippen LogP contribution in [0, 0.1) is 5.41 Å². The molecule has 0 aromatic rings. The topological polar surface area (TPSA) is 50.7 Å². The Labute approximate surface area is 145 Å². The van der Waals surface area contributed by atoms with Crippen molar-refractivity contribution in [2.24, 2.45) is 10.4 Å². The number of Topliss-reactive ketones (excluding diaryl/α,β-unsaturated/α-hetero) is 1. The van der Waals surface area contributed by atoms with Crippen LogP contribution in [0.15, 0.2) is 41.0 Å². The SMILES string of the molecule is C=C1NC=C(C(=O)C(C)(C)C)C1=N/C(=C\C)OC1CCCCCC1. The monoisotopic (exact) mass is 330 g/mol. The molecule has 4 heteroatoms. The van der Waals surface area contributed by atoms with Crippen LogP contribution in [0.4, 0.5) is 0 Å². The minimum atomic E-state index is -0.461. The zero-order chi connectivity index (χ0) is 17.7. The lowest BCUT2D eigenvalue weighted by Crippen LogP contribution is -2.25. The predicted molar refractivity (Wildman–Crippen MR) is 98.6 cm³/mol. The van der Waals surface area contributed by atoms with Gasteiger partial charge in [0.15, 0.2) is 5.78 Å². The van der Waals surface area contributed by atoms with Crippen LogP contribution < -0.4 is 5.32 Å². The summed E-state index contributed by atoms with van der Waals surface area (Å²) >= 11 is 0. The molecule has 0 aromatic carbocycles. The van der Waals surface area contributed by atoms with Crippen molar-refractivity contribution in [2.75, 3.05) is 0 Å². The molecule has 1 aliphatic heterocycles. The summed E-state index contributed by atoms with van der Waals surface area (Å²) in [7, 11) is 0. The number of hydrogen-bond donors (Lipinski definition) is 1. The molecule has 24 heavy (non-hydrogen) atoms. The molecule has 1 fully saturated rings. The summed E-state index contributed by atoms with van der Waals surface area (Å²) < 4.78 is 6.11. The van der Waals surface area contributed by atoms with Gasteiger partial charge in [0.1, 0.15) is 11.8 Å². The molecule has 2 aliphatic rings. The number of ether oxygens (including phenoxy) is 1. The van der Waals surface area contributed by atoms with E-state index in [-0.39, 0.29) is 11.9 Å². The van der Waals surface area contributed by atoms with Gasteiger partial charge in [0.2, 0.25) is 5.88 Å². The van der Waals surface area contributed by atoms with Crippen molar-refractivity contribution >= 4 is 11.5 Å². The van der Waals surface area contributed by atoms with Gasteiger partial charge in [0.05, 0.1) is 11.3 Å². The normalized spacial score (nSPS) is 22.2. The van der Waals surface area contributed by atoms with E-state index in [4.69, 9.17) is 4.74 Å². The molecule has 1 aliphatic carbocycles. The zero-order valence-corrected chi connectivity index (χ0v) is 15.4. The molecule has 1 saturated carbocycles. The van der Waals surface area contributed by atoms with Gasteiger partial charge in [0, 0.05) is 11.6 Å². The Bertz CT molecular complexity index is 583. The second-order valence-corrected chi connectivity index (χ2v) is 7.58. The number of nitrogens with one attached hydrogen (secondary N) is 1. The fourth-order valence-corrected chi connectivity index (χ4v) is 2.96. The molecule has 1 heterocycles. The maximum Gasteiger partial charge on any atom is 0.209 e. The third kappa shape index (κ3) is 4.59. The van der Waals surface area contributed by atoms with Crippen molar-refractivity contribution < 1.29 is 9.53 Å². The highest BCUT2D eigenvalue weighted by molar-refractivity contribution is 6.31. The van der Waals surface area contributed by atoms with Crippen LogP contribution in [0.3, 0.4) is 0 Å². The van der Waals surface area contributed by atoms with E-state index in [1.807, 2.05) is 33.8 Å². The number of carbonyl (C=O) groups excluding carboxylic acids is 1. The minimum Gasteiger partial charge on any atom is -0.475 e. The first-order valence-electron chi connectivity index (χ1n) is 8.95. The predicted octanol–water partition coefficient (Wildman–Crippen LogP) is 4.64. The Hall–Kier alpha value is -1.84. The van der Waals surface area contributed by atoms with E-state index in [9.17, 15) is 4.79 Å². The van der Waals surface area contributed by atoms with Gasteiger partial charge in [-0.3, -0.25) is 4.79 Å². The molecule has 1 N–H and O–H groups in total. The Morgan fingerprint density at radius 1 is 1.29 bits per heavy atom. The molecule has 0 unspecified atom stereocenters. The second kappa shape index (κ2) is 7.82. The van der Waals surface area contributed by atoms with Crippen LogP contribution >= 0.6 is 0 Å². The standard InChI is InChI=1S/C20H30N2O2/c1-6-17(24-15-11-9-7-8-10-12-15)22-18-14(2)21-13-16(18)19(23)20(3,4)5/h6,13,15,21H,2,7-12H2,1,3-5H3/b17-6+,22-18?. The Morgan fingerprint density at radius 2 is 1.92 bits per heavy atom. The molecule has 0 radical (unpaired) electrons. The van der Waals surface area contributed by atoms with E-state index in [0.717, 1.165) is 12.8 Å². The van der Waals surface area contributed by atoms with Gasteiger partial charge in [-0.1, -0.05) is 40.2 Å². The van der Waals surface area contributed by atoms with E-state index in [0.29, 0.717) is 22.9 Å². The van der Waals surface area contributed by atoms with Crippen molar-refractivity contribution in [3.05, 3.63) is 36.0 Å². The molecule has 4 nitrogen and oxygen atoms in total. The Morgan fingerprint density at radius 3 is 2.46 bits per heavy atom. The lowest BCUT2D eigenvalue weighted by Gasteiger charge is -2.19. The van der Waals surface area contributed by atoms with Gasteiger partial charge < -0.3 is 10.1 Å².